The van der Waals surface area contributed by atoms with Gasteiger partial charge in [-0.25, -0.2) is 9.78 Å². The van der Waals surface area contributed by atoms with E-state index in [4.69, 9.17) is 5.11 Å². The van der Waals surface area contributed by atoms with Crippen LogP contribution >= 0.6 is 11.3 Å². The van der Waals surface area contributed by atoms with Gasteiger partial charge >= 0.3 is 5.97 Å². The Morgan fingerprint density at radius 2 is 2.25 bits per heavy atom. The van der Waals surface area contributed by atoms with Gasteiger partial charge in [-0.15, -0.1) is 11.3 Å². The van der Waals surface area contributed by atoms with Crippen LogP contribution in [0.2, 0.25) is 0 Å². The Hall–Kier alpha value is -1.69. The van der Waals surface area contributed by atoms with Crippen LogP contribution in [0.1, 0.15) is 13.8 Å². The summed E-state index contributed by atoms with van der Waals surface area (Å²) in [6.07, 6.45) is 1.29. The average Bonchev–Trinajstić information content (AvgIpc) is 2.66. The minimum Gasteiger partial charge on any atom is -0.480 e. The highest BCUT2D eigenvalue weighted by molar-refractivity contribution is 7.16. The molecule has 84 valence electrons. The molecule has 2 heterocycles. The van der Waals surface area contributed by atoms with E-state index in [1.807, 2.05) is 0 Å². The van der Waals surface area contributed by atoms with E-state index in [0.717, 1.165) is 4.57 Å². The van der Waals surface area contributed by atoms with E-state index in [1.165, 1.54) is 31.5 Å². The first-order chi connectivity index (χ1) is 7.44. The zero-order valence-corrected chi connectivity index (χ0v) is 9.61. The summed E-state index contributed by atoms with van der Waals surface area (Å²) in [5.41, 5.74) is -1.61. The number of rotatable bonds is 2. The van der Waals surface area contributed by atoms with E-state index in [-0.39, 0.29) is 5.56 Å². The predicted octanol–water partition coefficient (Wildman–Crippen LogP) is 1.28. The maximum absolute atomic E-state index is 12.0. The second-order valence-corrected chi connectivity index (χ2v) is 4.82. The van der Waals surface area contributed by atoms with Crippen molar-refractivity contribution < 1.29 is 9.90 Å². The molecule has 0 amide bonds. The monoisotopic (exact) mass is 238 g/mol. The van der Waals surface area contributed by atoms with E-state index in [9.17, 15) is 9.59 Å². The van der Waals surface area contributed by atoms with Crippen LogP contribution in [0, 0.1) is 0 Å². The van der Waals surface area contributed by atoms with E-state index < -0.39 is 11.5 Å². The first kappa shape index (κ1) is 10.8. The van der Waals surface area contributed by atoms with Gasteiger partial charge in [0.2, 0.25) is 0 Å². The van der Waals surface area contributed by atoms with Gasteiger partial charge in [-0.1, -0.05) is 0 Å². The van der Waals surface area contributed by atoms with Gasteiger partial charge in [0.05, 0.1) is 5.39 Å². The fourth-order valence-corrected chi connectivity index (χ4v) is 2.08. The molecule has 0 bridgehead atoms. The van der Waals surface area contributed by atoms with Crippen LogP contribution in [0.15, 0.2) is 22.6 Å². The van der Waals surface area contributed by atoms with Crippen LogP contribution in [0.3, 0.4) is 0 Å². The first-order valence-corrected chi connectivity index (χ1v) is 5.51. The number of aliphatic carboxylic acids is 1. The van der Waals surface area contributed by atoms with Crippen LogP contribution in [0.4, 0.5) is 0 Å². The van der Waals surface area contributed by atoms with Crippen molar-refractivity contribution >= 4 is 27.5 Å². The maximum atomic E-state index is 12.0. The van der Waals surface area contributed by atoms with Crippen LogP contribution in [-0.4, -0.2) is 20.6 Å². The van der Waals surface area contributed by atoms with Crippen LogP contribution in [-0.2, 0) is 10.3 Å². The molecule has 2 aromatic heterocycles. The number of carboxylic acids is 1. The summed E-state index contributed by atoms with van der Waals surface area (Å²) in [6.45, 7) is 2.94. The summed E-state index contributed by atoms with van der Waals surface area (Å²) in [5, 5.41) is 11.3. The predicted molar refractivity (Wildman–Crippen MR) is 60.8 cm³/mol. The van der Waals surface area contributed by atoms with Crippen molar-refractivity contribution in [1.29, 1.82) is 0 Å². The summed E-state index contributed by atoms with van der Waals surface area (Å²) in [7, 11) is 0. The van der Waals surface area contributed by atoms with Crippen LogP contribution in [0.5, 0.6) is 0 Å². The second-order valence-electron chi connectivity index (χ2n) is 3.92. The minimum absolute atomic E-state index is 0.321. The molecular weight excluding hydrogens is 228 g/mol. The van der Waals surface area contributed by atoms with Crippen LogP contribution < -0.4 is 5.56 Å². The van der Waals surface area contributed by atoms with Gasteiger partial charge in [-0.05, 0) is 25.3 Å². The third-order valence-corrected chi connectivity index (χ3v) is 3.33. The molecule has 0 spiro atoms. The van der Waals surface area contributed by atoms with Crippen molar-refractivity contribution in [2.75, 3.05) is 0 Å². The average molecular weight is 238 g/mol. The van der Waals surface area contributed by atoms with Crippen molar-refractivity contribution in [3.63, 3.8) is 0 Å². The highest BCUT2D eigenvalue weighted by atomic mass is 32.1. The summed E-state index contributed by atoms with van der Waals surface area (Å²) < 4.78 is 1.14. The topological polar surface area (TPSA) is 72.2 Å². The number of nitrogens with zero attached hydrogens (tertiary/aromatic N) is 2. The molecule has 1 N–H and O–H groups in total. The summed E-state index contributed by atoms with van der Waals surface area (Å²) >= 11 is 1.36. The van der Waals surface area contributed by atoms with Crippen molar-refractivity contribution in [1.82, 2.24) is 9.55 Å². The van der Waals surface area contributed by atoms with E-state index >= 15 is 0 Å². The zero-order chi connectivity index (χ0) is 11.9. The third-order valence-electron chi connectivity index (χ3n) is 2.51. The zero-order valence-electron chi connectivity index (χ0n) is 8.80. The Bertz CT molecular complexity index is 612. The maximum Gasteiger partial charge on any atom is 0.329 e. The van der Waals surface area contributed by atoms with Crippen molar-refractivity contribution in [3.8, 4) is 0 Å². The molecule has 0 aliphatic carbocycles. The van der Waals surface area contributed by atoms with Crippen molar-refractivity contribution in [2.45, 2.75) is 19.4 Å². The largest absolute Gasteiger partial charge is 0.480 e. The Balaban J connectivity index is 2.75. The smallest absolute Gasteiger partial charge is 0.329 e. The molecule has 0 unspecified atom stereocenters. The number of fused-ring (bicyclic) bond motifs is 1. The van der Waals surface area contributed by atoms with Gasteiger partial charge in [0, 0.05) is 0 Å². The summed E-state index contributed by atoms with van der Waals surface area (Å²) in [5.74, 6) is -1.06. The molecule has 2 aromatic rings. The Kier molecular flexibility index (Phi) is 2.31. The standard InChI is InChI=1S/C10H10N2O3S/c1-10(2,9(14)15)12-5-11-7-6(8(12)13)3-4-16-7/h3-5H,1-2H3,(H,14,15). The number of carbonyl (C=O) groups is 1. The van der Waals surface area contributed by atoms with Crippen LogP contribution in [0.25, 0.3) is 10.2 Å². The van der Waals surface area contributed by atoms with Gasteiger partial charge < -0.3 is 5.11 Å². The molecule has 0 saturated carbocycles. The van der Waals surface area contributed by atoms with E-state index in [2.05, 4.69) is 4.98 Å². The first-order valence-electron chi connectivity index (χ1n) is 4.63. The molecule has 16 heavy (non-hydrogen) atoms. The third kappa shape index (κ3) is 1.42. The molecule has 0 saturated heterocycles. The lowest BCUT2D eigenvalue weighted by Gasteiger charge is -2.21. The molecule has 5 nitrogen and oxygen atoms in total. The minimum atomic E-state index is -1.29. The molecule has 0 fully saturated rings. The molecule has 0 aliphatic rings. The van der Waals surface area contributed by atoms with Crippen molar-refractivity contribution in [2.24, 2.45) is 0 Å². The molecule has 0 aliphatic heterocycles. The lowest BCUT2D eigenvalue weighted by Crippen LogP contribution is -2.42. The van der Waals surface area contributed by atoms with Gasteiger partial charge in [0.25, 0.3) is 5.56 Å². The lowest BCUT2D eigenvalue weighted by atomic mass is 10.1. The number of hydrogen-bond acceptors (Lipinski definition) is 4. The fourth-order valence-electron chi connectivity index (χ4n) is 1.36. The molecule has 0 radical (unpaired) electrons. The summed E-state index contributed by atoms with van der Waals surface area (Å²) in [4.78, 5) is 27.8. The number of hydrogen-bond donors (Lipinski definition) is 1. The Morgan fingerprint density at radius 1 is 1.56 bits per heavy atom. The van der Waals surface area contributed by atoms with Gasteiger partial charge in [-0.2, -0.15) is 0 Å². The Labute approximate surface area is 95.0 Å². The van der Waals surface area contributed by atoms with Crippen molar-refractivity contribution in [3.05, 3.63) is 28.1 Å². The lowest BCUT2D eigenvalue weighted by molar-refractivity contribution is -0.145. The van der Waals surface area contributed by atoms with Gasteiger partial charge in [-0.3, -0.25) is 9.36 Å². The molecule has 2 rings (SSSR count). The fraction of sp³-hybridized carbons (Fsp3) is 0.300. The molecular formula is C10H10N2O3S. The van der Waals surface area contributed by atoms with Gasteiger partial charge in [0.1, 0.15) is 16.7 Å². The number of thiophene rings is 1. The van der Waals surface area contributed by atoms with E-state index in [1.54, 1.807) is 11.4 Å². The quantitative estimate of drug-likeness (QED) is 0.855. The SMILES string of the molecule is CC(C)(C(=O)O)n1cnc2sccc2c1=O. The highest BCUT2D eigenvalue weighted by Gasteiger charge is 2.30. The normalized spacial score (nSPS) is 11.9. The van der Waals surface area contributed by atoms with E-state index in [0.29, 0.717) is 10.2 Å². The Morgan fingerprint density at radius 3 is 2.88 bits per heavy atom. The van der Waals surface area contributed by atoms with Gasteiger partial charge in [0.15, 0.2) is 0 Å². The molecule has 0 aromatic carbocycles. The number of aromatic nitrogens is 2. The molecule has 0 atom stereocenters. The second kappa shape index (κ2) is 3.41. The highest BCUT2D eigenvalue weighted by Crippen LogP contribution is 2.17. The summed E-state index contributed by atoms with van der Waals surface area (Å²) in [6, 6.07) is 1.66. The number of carboxylic acid groups (broad SMARTS) is 1. The molecule has 6 heteroatoms.